The van der Waals surface area contributed by atoms with Crippen LogP contribution in [0.15, 0.2) is 36.4 Å². The minimum Gasteiger partial charge on any atom is -0.338 e. The highest BCUT2D eigenvalue weighted by molar-refractivity contribution is 6.12. The second kappa shape index (κ2) is 7.38. The summed E-state index contributed by atoms with van der Waals surface area (Å²) in [7, 11) is 0. The van der Waals surface area contributed by atoms with E-state index in [0.29, 0.717) is 36.2 Å². The van der Waals surface area contributed by atoms with E-state index >= 15 is 0 Å². The summed E-state index contributed by atoms with van der Waals surface area (Å²) in [6.45, 7) is 1.04. The molecule has 5 rings (SSSR count). The maximum atomic E-state index is 13.5. The summed E-state index contributed by atoms with van der Waals surface area (Å²) in [6.07, 6.45) is -2.29. The molecule has 168 valence electrons. The first-order valence-electron chi connectivity index (χ1n) is 10.4. The van der Waals surface area contributed by atoms with Gasteiger partial charge in [0.15, 0.2) is 5.78 Å². The molecule has 2 fully saturated rings. The number of anilines is 1. The monoisotopic (exact) mass is 449 g/mol. The van der Waals surface area contributed by atoms with Crippen molar-refractivity contribution in [1.29, 1.82) is 0 Å². The Hall–Kier alpha value is -2.78. The highest BCUT2D eigenvalue weighted by Gasteiger charge is 2.55. The number of hydrogen-bond donors (Lipinski definition) is 0. The number of rotatable bonds is 4. The smallest absolute Gasteiger partial charge is 0.338 e. The second-order valence-electron chi connectivity index (χ2n) is 8.27. The molecule has 2 aromatic rings. The van der Waals surface area contributed by atoms with Crippen molar-refractivity contribution in [2.45, 2.75) is 31.2 Å². The van der Waals surface area contributed by atoms with Gasteiger partial charge < -0.3 is 14.4 Å². The van der Waals surface area contributed by atoms with Gasteiger partial charge >= 0.3 is 6.18 Å². The predicted molar refractivity (Wildman–Crippen MR) is 105 cm³/mol. The van der Waals surface area contributed by atoms with E-state index in [4.69, 9.17) is 9.47 Å². The maximum Gasteiger partial charge on any atom is 0.417 e. The zero-order chi connectivity index (χ0) is 22.7. The van der Waals surface area contributed by atoms with Crippen LogP contribution < -0.4 is 4.90 Å². The molecule has 0 atom stereocenters. The standard InChI is InChI=1S/C23H19F4NO4/c24-15-5-6-16(17(11-15)23(25,26)27)20(29)14-4-7-19-18(10-14)22(31-8-1-9-32-22)21(30)28(19)12-13-2-3-13/h4-7,10-11,13H,1-3,8-9,12H2. The normalized spacial score (nSPS) is 20.0. The molecule has 2 aromatic carbocycles. The fourth-order valence-corrected chi connectivity index (χ4v) is 4.23. The number of fused-ring (bicyclic) bond motifs is 2. The van der Waals surface area contributed by atoms with Gasteiger partial charge in [-0.15, -0.1) is 0 Å². The van der Waals surface area contributed by atoms with Crippen molar-refractivity contribution >= 4 is 17.4 Å². The van der Waals surface area contributed by atoms with Gasteiger partial charge in [-0.05, 0) is 61.6 Å². The van der Waals surface area contributed by atoms with Crippen molar-refractivity contribution < 1.29 is 36.6 Å². The number of amides is 1. The zero-order valence-electron chi connectivity index (χ0n) is 16.9. The minimum atomic E-state index is -4.91. The van der Waals surface area contributed by atoms with Crippen LogP contribution in [0.25, 0.3) is 0 Å². The molecule has 1 saturated heterocycles. The Labute approximate surface area is 180 Å². The van der Waals surface area contributed by atoms with Gasteiger partial charge in [0.05, 0.1) is 24.5 Å². The van der Waals surface area contributed by atoms with E-state index in [2.05, 4.69) is 0 Å². The van der Waals surface area contributed by atoms with Crippen LogP contribution in [-0.2, 0) is 26.2 Å². The Kier molecular flexibility index (Phi) is 4.86. The van der Waals surface area contributed by atoms with E-state index < -0.39 is 34.7 Å². The van der Waals surface area contributed by atoms with E-state index in [1.807, 2.05) is 0 Å². The molecule has 9 heteroatoms. The summed E-state index contributed by atoms with van der Waals surface area (Å²) < 4.78 is 65.3. The molecule has 1 aliphatic carbocycles. The van der Waals surface area contributed by atoms with Gasteiger partial charge in [0, 0.05) is 23.2 Å². The van der Waals surface area contributed by atoms with Crippen LogP contribution >= 0.6 is 0 Å². The lowest BCUT2D eigenvalue weighted by molar-refractivity contribution is -0.256. The highest BCUT2D eigenvalue weighted by atomic mass is 19.4. The Bertz CT molecular complexity index is 1100. The van der Waals surface area contributed by atoms with E-state index in [-0.39, 0.29) is 24.7 Å². The summed E-state index contributed by atoms with van der Waals surface area (Å²) in [5.74, 6) is -3.73. The largest absolute Gasteiger partial charge is 0.417 e. The Balaban J connectivity index is 1.59. The summed E-state index contributed by atoms with van der Waals surface area (Å²) in [5, 5.41) is 0. The number of alkyl halides is 3. The van der Waals surface area contributed by atoms with Gasteiger partial charge in [-0.25, -0.2) is 4.39 Å². The van der Waals surface area contributed by atoms with Crippen LogP contribution in [0, 0.1) is 11.7 Å². The van der Waals surface area contributed by atoms with Crippen molar-refractivity contribution in [3.8, 4) is 0 Å². The molecule has 0 bridgehead atoms. The summed E-state index contributed by atoms with van der Waals surface area (Å²) in [4.78, 5) is 27.9. The van der Waals surface area contributed by atoms with Crippen molar-refractivity contribution in [3.05, 3.63) is 64.5 Å². The fraction of sp³-hybridized carbons (Fsp3) is 0.391. The number of nitrogens with zero attached hydrogens (tertiary/aromatic N) is 1. The molecule has 3 aliphatic rings. The second-order valence-corrected chi connectivity index (χ2v) is 8.27. The number of carbonyl (C=O) groups is 2. The van der Waals surface area contributed by atoms with Gasteiger partial charge in [-0.1, -0.05) is 0 Å². The lowest BCUT2D eigenvalue weighted by Gasteiger charge is -2.32. The van der Waals surface area contributed by atoms with Gasteiger partial charge in [-0.3, -0.25) is 9.59 Å². The third-order valence-corrected chi connectivity index (χ3v) is 6.00. The first kappa shape index (κ1) is 21.1. The molecule has 0 aromatic heterocycles. The number of ether oxygens (including phenoxy) is 2. The average Bonchev–Trinajstić information content (AvgIpc) is 3.57. The van der Waals surface area contributed by atoms with Crippen LogP contribution in [0.1, 0.15) is 46.3 Å². The average molecular weight is 449 g/mol. The lowest BCUT2D eigenvalue weighted by Crippen LogP contribution is -2.47. The van der Waals surface area contributed by atoms with E-state index in [0.717, 1.165) is 25.0 Å². The van der Waals surface area contributed by atoms with Crippen LogP contribution in [0.3, 0.4) is 0 Å². The van der Waals surface area contributed by atoms with Crippen molar-refractivity contribution in [2.24, 2.45) is 5.92 Å². The Morgan fingerprint density at radius 2 is 1.81 bits per heavy atom. The van der Waals surface area contributed by atoms with Crippen LogP contribution in [-0.4, -0.2) is 31.4 Å². The summed E-state index contributed by atoms with van der Waals surface area (Å²) in [6, 6.07) is 6.20. The number of carbonyl (C=O) groups excluding carboxylic acids is 2. The number of ketones is 1. The Morgan fingerprint density at radius 1 is 1.09 bits per heavy atom. The van der Waals surface area contributed by atoms with E-state index in [1.165, 1.54) is 18.2 Å². The molecular formula is C23H19F4NO4. The topological polar surface area (TPSA) is 55.8 Å². The zero-order valence-corrected chi connectivity index (χ0v) is 16.9. The minimum absolute atomic E-state index is 0.0703. The molecule has 1 amide bonds. The molecule has 0 N–H and O–H groups in total. The summed E-state index contributed by atoms with van der Waals surface area (Å²) >= 11 is 0. The third-order valence-electron chi connectivity index (χ3n) is 6.00. The first-order chi connectivity index (χ1) is 15.2. The summed E-state index contributed by atoms with van der Waals surface area (Å²) in [5.41, 5.74) is -1.26. The predicted octanol–water partition coefficient (Wildman–Crippen LogP) is 4.42. The van der Waals surface area contributed by atoms with Gasteiger partial charge in [0.25, 0.3) is 11.7 Å². The first-order valence-corrected chi connectivity index (χ1v) is 10.4. The molecular weight excluding hydrogens is 430 g/mol. The van der Waals surface area contributed by atoms with Crippen LogP contribution in [0.4, 0.5) is 23.2 Å². The van der Waals surface area contributed by atoms with Gasteiger partial charge in [-0.2, -0.15) is 13.2 Å². The molecule has 2 aliphatic heterocycles. The van der Waals surface area contributed by atoms with Crippen LogP contribution in [0.2, 0.25) is 0 Å². The van der Waals surface area contributed by atoms with Crippen molar-refractivity contribution in [2.75, 3.05) is 24.7 Å². The van der Waals surface area contributed by atoms with Gasteiger partial charge in [0.1, 0.15) is 5.82 Å². The fourth-order valence-electron chi connectivity index (χ4n) is 4.23. The quantitative estimate of drug-likeness (QED) is 0.512. The molecule has 0 unspecified atom stereocenters. The SMILES string of the molecule is O=C(c1ccc2c(c1)C1(OCCCO1)C(=O)N2CC1CC1)c1ccc(F)cc1C(F)(F)F. The molecule has 32 heavy (non-hydrogen) atoms. The van der Waals surface area contributed by atoms with Crippen molar-refractivity contribution in [1.82, 2.24) is 0 Å². The van der Waals surface area contributed by atoms with E-state index in [9.17, 15) is 27.2 Å². The molecule has 5 nitrogen and oxygen atoms in total. The van der Waals surface area contributed by atoms with Gasteiger partial charge in [0.2, 0.25) is 0 Å². The number of halogens is 4. The Morgan fingerprint density at radius 3 is 2.47 bits per heavy atom. The molecule has 1 spiro atoms. The molecule has 0 radical (unpaired) electrons. The maximum absolute atomic E-state index is 13.5. The highest BCUT2D eigenvalue weighted by Crippen LogP contribution is 2.47. The lowest BCUT2D eigenvalue weighted by atomic mass is 9.95. The molecule has 1 saturated carbocycles. The number of benzene rings is 2. The number of hydrogen-bond acceptors (Lipinski definition) is 4. The van der Waals surface area contributed by atoms with E-state index in [1.54, 1.807) is 4.90 Å². The molecule has 2 heterocycles. The van der Waals surface area contributed by atoms with Crippen molar-refractivity contribution in [3.63, 3.8) is 0 Å². The third kappa shape index (κ3) is 3.40. The van der Waals surface area contributed by atoms with Crippen LogP contribution in [0.5, 0.6) is 0 Å².